The maximum absolute atomic E-state index is 6.68. The molecule has 0 unspecified atom stereocenters. The van der Waals surface area contributed by atoms with Crippen molar-refractivity contribution in [2.75, 3.05) is 0 Å². The Hall–Kier alpha value is -0.300. The highest BCUT2D eigenvalue weighted by Gasteiger charge is 2.61. The van der Waals surface area contributed by atoms with E-state index >= 15 is 0 Å². The first-order chi connectivity index (χ1) is 9.65. The summed E-state index contributed by atoms with van der Waals surface area (Å²) in [6.07, 6.45) is 11.2. The molecule has 0 bridgehead atoms. The normalized spacial score (nSPS) is 52.6. The fourth-order valence-electron chi connectivity index (χ4n) is 6.52. The van der Waals surface area contributed by atoms with Crippen LogP contribution in [0.2, 0.25) is 0 Å². The van der Waals surface area contributed by atoms with Crippen LogP contribution in [0.5, 0.6) is 0 Å². The third kappa shape index (κ3) is 2.22. The molecule has 0 radical (unpaired) electrons. The molecule has 1 heterocycles. The standard InChI is InChI=1S/C20H34O/c1-7-18(4)13-9-16-19(5)12-8-11-17(2,3)15(19)10-14-20(16,6)21-18/h7,15-16H,1,8-14H2,2-6H3/t15-,16+,18+,19+,20-/m0/s1. The molecule has 1 aliphatic heterocycles. The van der Waals surface area contributed by atoms with Crippen molar-refractivity contribution in [1.29, 1.82) is 0 Å². The fourth-order valence-corrected chi connectivity index (χ4v) is 6.52. The van der Waals surface area contributed by atoms with Gasteiger partial charge < -0.3 is 4.74 Å². The molecule has 0 aromatic rings. The zero-order valence-electron chi connectivity index (χ0n) is 14.8. The van der Waals surface area contributed by atoms with Crippen LogP contribution in [0.25, 0.3) is 0 Å². The van der Waals surface area contributed by atoms with Gasteiger partial charge in [0.1, 0.15) is 0 Å². The van der Waals surface area contributed by atoms with Crippen LogP contribution in [-0.2, 0) is 4.74 Å². The molecule has 1 saturated heterocycles. The molecule has 0 amide bonds. The molecule has 3 rings (SSSR count). The highest BCUT2D eigenvalue weighted by molar-refractivity contribution is 5.12. The minimum atomic E-state index is -0.112. The first kappa shape index (κ1) is 15.6. The van der Waals surface area contributed by atoms with Crippen molar-refractivity contribution in [3.63, 3.8) is 0 Å². The molecule has 21 heavy (non-hydrogen) atoms. The lowest BCUT2D eigenvalue weighted by atomic mass is 9.44. The van der Waals surface area contributed by atoms with Crippen LogP contribution < -0.4 is 0 Å². The molecule has 0 aromatic carbocycles. The highest BCUT2D eigenvalue weighted by Crippen LogP contribution is 2.65. The number of fused-ring (bicyclic) bond motifs is 3. The fraction of sp³-hybridized carbons (Fsp3) is 0.900. The lowest BCUT2D eigenvalue weighted by molar-refractivity contribution is -0.252. The summed E-state index contributed by atoms with van der Waals surface area (Å²) in [6, 6.07) is 0. The van der Waals surface area contributed by atoms with Crippen LogP contribution >= 0.6 is 0 Å². The molecular weight excluding hydrogens is 256 g/mol. The van der Waals surface area contributed by atoms with E-state index in [0.29, 0.717) is 10.8 Å². The third-order valence-electron chi connectivity index (χ3n) is 7.57. The number of hydrogen-bond donors (Lipinski definition) is 0. The molecule has 2 saturated carbocycles. The third-order valence-corrected chi connectivity index (χ3v) is 7.57. The Morgan fingerprint density at radius 1 is 0.905 bits per heavy atom. The maximum atomic E-state index is 6.68. The van der Waals surface area contributed by atoms with Gasteiger partial charge in [-0.05, 0) is 75.0 Å². The quantitative estimate of drug-likeness (QED) is 0.559. The summed E-state index contributed by atoms with van der Waals surface area (Å²) in [7, 11) is 0. The van der Waals surface area contributed by atoms with E-state index in [4.69, 9.17) is 4.74 Å². The monoisotopic (exact) mass is 290 g/mol. The second kappa shape index (κ2) is 4.60. The molecular formula is C20H34O. The molecule has 120 valence electrons. The Balaban J connectivity index is 1.94. The molecule has 1 nitrogen and oxygen atoms in total. The predicted octanol–water partition coefficient (Wildman–Crippen LogP) is 5.74. The molecule has 3 aliphatic rings. The van der Waals surface area contributed by atoms with Crippen LogP contribution in [0, 0.1) is 22.7 Å². The summed E-state index contributed by atoms with van der Waals surface area (Å²) >= 11 is 0. The Kier molecular flexibility index (Phi) is 3.41. The van der Waals surface area contributed by atoms with Crippen LogP contribution in [-0.4, -0.2) is 11.2 Å². The molecule has 0 spiro atoms. The predicted molar refractivity (Wildman–Crippen MR) is 89.3 cm³/mol. The molecule has 1 heteroatoms. The summed E-state index contributed by atoms with van der Waals surface area (Å²) in [4.78, 5) is 0. The van der Waals surface area contributed by atoms with Gasteiger partial charge >= 0.3 is 0 Å². The topological polar surface area (TPSA) is 9.23 Å². The zero-order chi connectivity index (χ0) is 15.5. The van der Waals surface area contributed by atoms with E-state index in [1.807, 2.05) is 6.08 Å². The molecule has 3 fully saturated rings. The van der Waals surface area contributed by atoms with Gasteiger partial charge in [-0.1, -0.05) is 33.3 Å². The Bertz CT molecular complexity index is 439. The van der Waals surface area contributed by atoms with Gasteiger partial charge in [-0.3, -0.25) is 0 Å². The molecule has 2 aliphatic carbocycles. The van der Waals surface area contributed by atoms with Crippen molar-refractivity contribution in [2.24, 2.45) is 22.7 Å². The number of rotatable bonds is 1. The van der Waals surface area contributed by atoms with Crippen molar-refractivity contribution >= 4 is 0 Å². The van der Waals surface area contributed by atoms with Crippen molar-refractivity contribution in [1.82, 2.24) is 0 Å². The number of hydrogen-bond acceptors (Lipinski definition) is 1. The van der Waals surface area contributed by atoms with Crippen molar-refractivity contribution in [2.45, 2.75) is 90.8 Å². The smallest absolute Gasteiger partial charge is 0.0839 e. The summed E-state index contributed by atoms with van der Waals surface area (Å²) in [6.45, 7) is 16.2. The van der Waals surface area contributed by atoms with E-state index < -0.39 is 0 Å². The van der Waals surface area contributed by atoms with Gasteiger partial charge in [0.05, 0.1) is 11.2 Å². The van der Waals surface area contributed by atoms with Gasteiger partial charge in [-0.2, -0.15) is 0 Å². The Labute approximate surface area is 131 Å². The minimum absolute atomic E-state index is 0.0554. The van der Waals surface area contributed by atoms with Gasteiger partial charge in [0, 0.05) is 0 Å². The Morgan fingerprint density at radius 2 is 1.57 bits per heavy atom. The van der Waals surface area contributed by atoms with Gasteiger partial charge in [0.25, 0.3) is 0 Å². The highest BCUT2D eigenvalue weighted by atomic mass is 16.5. The molecule has 0 aromatic heterocycles. The summed E-state index contributed by atoms with van der Waals surface area (Å²) in [5, 5.41) is 0. The van der Waals surface area contributed by atoms with E-state index in [-0.39, 0.29) is 11.2 Å². The summed E-state index contributed by atoms with van der Waals surface area (Å²) in [5.74, 6) is 1.59. The Morgan fingerprint density at radius 3 is 2.24 bits per heavy atom. The van der Waals surface area contributed by atoms with Gasteiger partial charge in [0.15, 0.2) is 0 Å². The second-order valence-corrected chi connectivity index (χ2v) is 9.46. The van der Waals surface area contributed by atoms with E-state index in [1.54, 1.807) is 0 Å². The van der Waals surface area contributed by atoms with Crippen molar-refractivity contribution in [3.8, 4) is 0 Å². The van der Waals surface area contributed by atoms with Crippen molar-refractivity contribution < 1.29 is 4.74 Å². The lowest BCUT2D eigenvalue weighted by Crippen LogP contribution is -2.62. The van der Waals surface area contributed by atoms with Crippen LogP contribution in [0.3, 0.4) is 0 Å². The van der Waals surface area contributed by atoms with E-state index in [9.17, 15) is 0 Å². The SMILES string of the molecule is C=C[C@]1(C)CC[C@@H]2[C@]3(C)CCCC(C)(C)[C@@H]3CC[C@]2(C)O1. The first-order valence-corrected chi connectivity index (χ1v) is 8.99. The lowest BCUT2D eigenvalue weighted by Gasteiger charge is -2.65. The zero-order valence-corrected chi connectivity index (χ0v) is 14.8. The largest absolute Gasteiger partial charge is 0.365 e. The average molecular weight is 290 g/mol. The van der Waals surface area contributed by atoms with Gasteiger partial charge in [-0.25, -0.2) is 0 Å². The molecule has 0 N–H and O–H groups in total. The van der Waals surface area contributed by atoms with Crippen molar-refractivity contribution in [3.05, 3.63) is 12.7 Å². The minimum Gasteiger partial charge on any atom is -0.365 e. The maximum Gasteiger partial charge on any atom is 0.0839 e. The van der Waals surface area contributed by atoms with Crippen LogP contribution in [0.15, 0.2) is 12.7 Å². The first-order valence-electron chi connectivity index (χ1n) is 8.99. The van der Waals surface area contributed by atoms with E-state index in [2.05, 4.69) is 41.2 Å². The van der Waals surface area contributed by atoms with Gasteiger partial charge in [0.2, 0.25) is 0 Å². The van der Waals surface area contributed by atoms with E-state index in [1.165, 1.54) is 38.5 Å². The second-order valence-electron chi connectivity index (χ2n) is 9.46. The number of ether oxygens (including phenoxy) is 1. The van der Waals surface area contributed by atoms with Gasteiger partial charge in [-0.15, -0.1) is 6.58 Å². The molecule has 5 atom stereocenters. The average Bonchev–Trinajstić information content (AvgIpc) is 2.36. The van der Waals surface area contributed by atoms with E-state index in [0.717, 1.165) is 18.3 Å². The summed E-state index contributed by atoms with van der Waals surface area (Å²) < 4.78 is 6.68. The van der Waals surface area contributed by atoms with Crippen LogP contribution in [0.1, 0.15) is 79.6 Å². The van der Waals surface area contributed by atoms with Crippen LogP contribution in [0.4, 0.5) is 0 Å². The summed E-state index contributed by atoms with van der Waals surface area (Å²) in [5.41, 5.74) is 0.920.